The van der Waals surface area contributed by atoms with Crippen molar-refractivity contribution in [2.75, 3.05) is 16.0 Å². The maximum Gasteiger partial charge on any atom is 0.258 e. The number of benzene rings is 2. The van der Waals surface area contributed by atoms with Gasteiger partial charge >= 0.3 is 0 Å². The molecule has 0 unspecified atom stereocenters. The summed E-state index contributed by atoms with van der Waals surface area (Å²) < 4.78 is 13.1. The van der Waals surface area contributed by atoms with Gasteiger partial charge in [-0.2, -0.15) is 4.98 Å². The van der Waals surface area contributed by atoms with E-state index in [2.05, 4.69) is 25.9 Å². The van der Waals surface area contributed by atoms with Crippen molar-refractivity contribution in [1.82, 2.24) is 9.97 Å². The molecule has 4 rings (SSSR count). The first-order valence-corrected chi connectivity index (χ1v) is 9.30. The molecule has 152 valence electrons. The Bertz CT molecular complexity index is 1180. The number of amides is 2. The Morgan fingerprint density at radius 1 is 1.07 bits per heavy atom. The molecule has 0 aliphatic carbocycles. The summed E-state index contributed by atoms with van der Waals surface area (Å²) in [4.78, 5) is 44.4. The second kappa shape index (κ2) is 7.96. The lowest BCUT2D eigenvalue weighted by molar-refractivity contribution is -0.123. The van der Waals surface area contributed by atoms with Gasteiger partial charge < -0.3 is 16.0 Å². The highest BCUT2D eigenvalue weighted by molar-refractivity contribution is 6.30. The zero-order valence-electron chi connectivity index (χ0n) is 15.3. The number of halogens is 2. The van der Waals surface area contributed by atoms with Crippen LogP contribution in [0.1, 0.15) is 17.9 Å². The third-order valence-corrected chi connectivity index (χ3v) is 4.74. The van der Waals surface area contributed by atoms with Gasteiger partial charge in [0.05, 0.1) is 11.5 Å². The number of aromatic nitrogens is 2. The second-order valence-electron chi connectivity index (χ2n) is 6.61. The summed E-state index contributed by atoms with van der Waals surface area (Å²) in [6.45, 7) is 0. The Morgan fingerprint density at radius 2 is 1.73 bits per heavy atom. The number of hydrogen-bond donors (Lipinski definition) is 4. The van der Waals surface area contributed by atoms with Gasteiger partial charge in [0.2, 0.25) is 17.8 Å². The fraction of sp³-hybridized carbons (Fsp3) is 0.100. The molecule has 1 atom stereocenters. The maximum absolute atomic E-state index is 13.1. The van der Waals surface area contributed by atoms with Gasteiger partial charge in [0.15, 0.2) is 0 Å². The van der Waals surface area contributed by atoms with Crippen LogP contribution in [0.2, 0.25) is 5.02 Å². The van der Waals surface area contributed by atoms with Crippen molar-refractivity contribution in [2.45, 2.75) is 12.3 Å². The zero-order valence-corrected chi connectivity index (χ0v) is 16.1. The summed E-state index contributed by atoms with van der Waals surface area (Å²) in [5, 5.41) is 8.54. The largest absolute Gasteiger partial charge is 0.326 e. The van der Waals surface area contributed by atoms with Gasteiger partial charge in [0, 0.05) is 22.8 Å². The SMILES string of the molecule is O=C1C[C@@H](C(=O)Nc2ccc(Cl)cc2)c2c(nc(Nc3ccc(F)cc3)[nH]c2=O)N1. The highest BCUT2D eigenvalue weighted by atomic mass is 35.5. The van der Waals surface area contributed by atoms with E-state index in [-0.39, 0.29) is 23.8 Å². The lowest BCUT2D eigenvalue weighted by atomic mass is 9.92. The molecular weight excluding hydrogens is 413 g/mol. The van der Waals surface area contributed by atoms with E-state index in [1.165, 1.54) is 24.3 Å². The van der Waals surface area contributed by atoms with Crippen LogP contribution in [-0.2, 0) is 9.59 Å². The molecule has 2 heterocycles. The van der Waals surface area contributed by atoms with Gasteiger partial charge in [0.1, 0.15) is 11.6 Å². The van der Waals surface area contributed by atoms with Crippen molar-refractivity contribution >= 4 is 46.6 Å². The third kappa shape index (κ3) is 4.15. The second-order valence-corrected chi connectivity index (χ2v) is 7.05. The van der Waals surface area contributed by atoms with Crippen LogP contribution in [-0.4, -0.2) is 21.8 Å². The normalized spacial score (nSPS) is 15.1. The topological polar surface area (TPSA) is 116 Å². The minimum absolute atomic E-state index is 0.00383. The quantitative estimate of drug-likeness (QED) is 0.509. The first-order chi connectivity index (χ1) is 14.4. The molecule has 10 heteroatoms. The van der Waals surface area contributed by atoms with Crippen LogP contribution in [0.25, 0.3) is 0 Å². The molecule has 4 N–H and O–H groups in total. The number of aromatic amines is 1. The minimum atomic E-state index is -1.01. The fourth-order valence-corrected chi connectivity index (χ4v) is 3.21. The molecule has 0 bridgehead atoms. The molecule has 1 aliphatic rings. The Hall–Kier alpha value is -3.72. The summed E-state index contributed by atoms with van der Waals surface area (Å²) in [7, 11) is 0. The standard InChI is InChI=1S/C20H15ClFN5O3/c21-10-1-5-12(6-2-10)23-18(29)14-9-15(28)25-17-16(14)19(30)27-20(26-17)24-13-7-3-11(22)4-8-13/h1-8,14H,9H2,(H,23,29)(H3,24,25,26,27,28,30)/t14-/m1/s1. The van der Waals surface area contributed by atoms with Gasteiger partial charge in [0.25, 0.3) is 5.56 Å². The van der Waals surface area contributed by atoms with E-state index in [4.69, 9.17) is 11.6 Å². The summed E-state index contributed by atoms with van der Waals surface area (Å²) in [5.41, 5.74) is 0.459. The van der Waals surface area contributed by atoms with E-state index in [9.17, 15) is 18.8 Å². The zero-order chi connectivity index (χ0) is 21.3. The maximum atomic E-state index is 13.1. The Kier molecular flexibility index (Phi) is 5.20. The lowest BCUT2D eigenvalue weighted by Crippen LogP contribution is -2.36. The van der Waals surface area contributed by atoms with Crippen LogP contribution in [0.4, 0.5) is 27.5 Å². The molecule has 0 saturated carbocycles. The van der Waals surface area contributed by atoms with Crippen molar-refractivity contribution in [3.05, 3.63) is 75.3 Å². The van der Waals surface area contributed by atoms with Crippen LogP contribution in [0.5, 0.6) is 0 Å². The number of fused-ring (bicyclic) bond motifs is 1. The molecule has 0 radical (unpaired) electrons. The highest BCUT2D eigenvalue weighted by Gasteiger charge is 2.34. The van der Waals surface area contributed by atoms with Crippen molar-refractivity contribution in [3.63, 3.8) is 0 Å². The smallest absolute Gasteiger partial charge is 0.258 e. The number of carbonyl (C=O) groups excluding carboxylic acids is 2. The first kappa shape index (κ1) is 19.6. The average Bonchev–Trinajstić information content (AvgIpc) is 2.70. The predicted molar refractivity (Wildman–Crippen MR) is 111 cm³/mol. The fourth-order valence-electron chi connectivity index (χ4n) is 3.09. The van der Waals surface area contributed by atoms with E-state index < -0.39 is 29.1 Å². The number of carbonyl (C=O) groups is 2. The van der Waals surface area contributed by atoms with E-state index in [1.54, 1.807) is 24.3 Å². The van der Waals surface area contributed by atoms with Crippen LogP contribution < -0.4 is 21.5 Å². The van der Waals surface area contributed by atoms with E-state index >= 15 is 0 Å². The number of nitrogens with one attached hydrogen (secondary N) is 4. The van der Waals surface area contributed by atoms with Crippen molar-refractivity contribution < 1.29 is 14.0 Å². The number of rotatable bonds is 4. The molecule has 0 fully saturated rings. The van der Waals surface area contributed by atoms with E-state index in [1.807, 2.05) is 0 Å². The average molecular weight is 428 g/mol. The molecule has 2 amide bonds. The lowest BCUT2D eigenvalue weighted by Gasteiger charge is -2.23. The summed E-state index contributed by atoms with van der Waals surface area (Å²) in [6, 6.07) is 11.9. The number of anilines is 4. The Morgan fingerprint density at radius 3 is 2.43 bits per heavy atom. The van der Waals surface area contributed by atoms with Crippen molar-refractivity contribution in [2.24, 2.45) is 0 Å². The van der Waals surface area contributed by atoms with Crippen LogP contribution >= 0.6 is 11.6 Å². The monoisotopic (exact) mass is 427 g/mol. The molecule has 2 aromatic carbocycles. The molecule has 0 spiro atoms. The molecule has 0 saturated heterocycles. The van der Waals surface area contributed by atoms with Gasteiger partial charge in [-0.15, -0.1) is 0 Å². The molecular formula is C20H15ClFN5O3. The summed E-state index contributed by atoms with van der Waals surface area (Å²) >= 11 is 5.84. The minimum Gasteiger partial charge on any atom is -0.326 e. The number of nitrogens with zero attached hydrogens (tertiary/aromatic N) is 1. The van der Waals surface area contributed by atoms with Crippen LogP contribution in [0.15, 0.2) is 53.3 Å². The van der Waals surface area contributed by atoms with Gasteiger partial charge in [-0.1, -0.05) is 11.6 Å². The van der Waals surface area contributed by atoms with Crippen LogP contribution in [0.3, 0.4) is 0 Å². The molecule has 1 aliphatic heterocycles. The molecule has 3 aromatic rings. The molecule has 1 aromatic heterocycles. The highest BCUT2D eigenvalue weighted by Crippen LogP contribution is 2.30. The van der Waals surface area contributed by atoms with E-state index in [0.717, 1.165) is 0 Å². The van der Waals surface area contributed by atoms with Crippen LogP contribution in [0, 0.1) is 5.82 Å². The van der Waals surface area contributed by atoms with Gasteiger partial charge in [-0.05, 0) is 48.5 Å². The van der Waals surface area contributed by atoms with Gasteiger partial charge in [-0.3, -0.25) is 19.4 Å². The summed E-state index contributed by atoms with van der Waals surface area (Å²) in [6.07, 6.45) is -0.193. The predicted octanol–water partition coefficient (Wildman–Crippen LogP) is 3.37. The van der Waals surface area contributed by atoms with Crippen molar-refractivity contribution in [1.29, 1.82) is 0 Å². The molecule has 30 heavy (non-hydrogen) atoms. The number of hydrogen-bond acceptors (Lipinski definition) is 5. The Balaban J connectivity index is 1.62. The van der Waals surface area contributed by atoms with Crippen molar-refractivity contribution in [3.8, 4) is 0 Å². The summed E-state index contributed by atoms with van der Waals surface area (Å²) in [5.74, 6) is -2.33. The third-order valence-electron chi connectivity index (χ3n) is 4.49. The van der Waals surface area contributed by atoms with Gasteiger partial charge in [-0.25, -0.2) is 4.39 Å². The van der Waals surface area contributed by atoms with E-state index in [0.29, 0.717) is 16.4 Å². The first-order valence-electron chi connectivity index (χ1n) is 8.92. The molecule has 8 nitrogen and oxygen atoms in total. The number of H-pyrrole nitrogens is 1. The Labute approximate surface area is 174 Å².